The molecule has 1 fully saturated rings. The van der Waals surface area contributed by atoms with E-state index in [1.54, 1.807) is 5.56 Å². The van der Waals surface area contributed by atoms with Crippen molar-refractivity contribution < 1.29 is 4.57 Å². The Kier molecular flexibility index (Phi) is 3.07. The van der Waals surface area contributed by atoms with Gasteiger partial charge in [0.1, 0.15) is 0 Å². The van der Waals surface area contributed by atoms with Crippen LogP contribution in [-0.4, -0.2) is 0 Å². The molecule has 18 heavy (non-hydrogen) atoms. The minimum atomic E-state index is 0.537. The highest BCUT2D eigenvalue weighted by atomic mass is 15.0. The normalized spacial score (nSPS) is 16.8. The number of aromatic nitrogens is 1. The summed E-state index contributed by atoms with van der Waals surface area (Å²) in [5.41, 5.74) is 1.57. The predicted molar refractivity (Wildman–Crippen MR) is 75.7 cm³/mol. The predicted octanol–water partition coefficient (Wildman–Crippen LogP) is 4.37. The third-order valence-corrected chi connectivity index (χ3v) is 4.24. The SMILES string of the molecule is CC(C)[n+]1cc(C2CCCC2)c2ccccc2c1. The summed E-state index contributed by atoms with van der Waals surface area (Å²) in [6.45, 7) is 4.51. The summed E-state index contributed by atoms with van der Waals surface area (Å²) >= 11 is 0. The highest BCUT2D eigenvalue weighted by Crippen LogP contribution is 2.36. The number of benzene rings is 1. The Bertz CT molecular complexity index is 551. The highest BCUT2D eigenvalue weighted by Gasteiger charge is 2.23. The van der Waals surface area contributed by atoms with Gasteiger partial charge in [-0.1, -0.05) is 31.0 Å². The van der Waals surface area contributed by atoms with Crippen LogP contribution < -0.4 is 4.57 Å². The monoisotopic (exact) mass is 240 g/mol. The van der Waals surface area contributed by atoms with Gasteiger partial charge in [-0.15, -0.1) is 0 Å². The Morgan fingerprint density at radius 3 is 2.50 bits per heavy atom. The molecule has 94 valence electrons. The van der Waals surface area contributed by atoms with Gasteiger partial charge in [-0.25, -0.2) is 4.57 Å². The molecule has 0 radical (unpaired) electrons. The largest absolute Gasteiger partial charge is 0.202 e. The third-order valence-electron chi connectivity index (χ3n) is 4.24. The van der Waals surface area contributed by atoms with E-state index in [0.717, 1.165) is 5.92 Å². The third kappa shape index (κ3) is 2.03. The van der Waals surface area contributed by atoms with E-state index in [1.807, 2.05) is 0 Å². The summed E-state index contributed by atoms with van der Waals surface area (Å²) in [6, 6.07) is 9.38. The second-order valence-corrected chi connectivity index (χ2v) is 5.82. The lowest BCUT2D eigenvalue weighted by Crippen LogP contribution is -2.36. The molecule has 0 N–H and O–H groups in total. The average Bonchev–Trinajstić information content (AvgIpc) is 2.91. The molecule has 1 aromatic heterocycles. The van der Waals surface area contributed by atoms with Crippen LogP contribution >= 0.6 is 0 Å². The summed E-state index contributed by atoms with van der Waals surface area (Å²) in [6.07, 6.45) is 10.2. The molecule has 0 unspecified atom stereocenters. The Labute approximate surface area is 109 Å². The van der Waals surface area contributed by atoms with Crippen molar-refractivity contribution in [3.8, 4) is 0 Å². The first-order chi connectivity index (χ1) is 8.75. The summed E-state index contributed by atoms with van der Waals surface area (Å²) in [5.74, 6) is 0.779. The van der Waals surface area contributed by atoms with E-state index in [-0.39, 0.29) is 0 Å². The van der Waals surface area contributed by atoms with E-state index in [9.17, 15) is 0 Å². The van der Waals surface area contributed by atoms with Crippen LogP contribution in [0, 0.1) is 0 Å². The summed E-state index contributed by atoms with van der Waals surface area (Å²) in [5, 5.41) is 2.84. The molecule has 0 atom stereocenters. The number of hydrogen-bond acceptors (Lipinski definition) is 0. The van der Waals surface area contributed by atoms with E-state index >= 15 is 0 Å². The highest BCUT2D eigenvalue weighted by molar-refractivity contribution is 5.84. The van der Waals surface area contributed by atoms with Gasteiger partial charge in [0.2, 0.25) is 0 Å². The number of nitrogens with zero attached hydrogens (tertiary/aromatic N) is 1. The molecular formula is C17H22N+. The first-order valence-electron chi connectivity index (χ1n) is 7.19. The van der Waals surface area contributed by atoms with Crippen molar-refractivity contribution in [2.45, 2.75) is 51.5 Å². The van der Waals surface area contributed by atoms with Crippen molar-refractivity contribution in [2.24, 2.45) is 0 Å². The van der Waals surface area contributed by atoms with Gasteiger partial charge < -0.3 is 0 Å². The van der Waals surface area contributed by atoms with Crippen molar-refractivity contribution in [1.29, 1.82) is 0 Å². The van der Waals surface area contributed by atoms with Crippen molar-refractivity contribution in [3.63, 3.8) is 0 Å². The lowest BCUT2D eigenvalue weighted by molar-refractivity contribution is -0.715. The Morgan fingerprint density at radius 1 is 1.06 bits per heavy atom. The van der Waals surface area contributed by atoms with Crippen LogP contribution in [0.3, 0.4) is 0 Å². The van der Waals surface area contributed by atoms with E-state index in [0.29, 0.717) is 6.04 Å². The molecule has 1 aromatic carbocycles. The molecule has 0 amide bonds. The lowest BCUT2D eigenvalue weighted by Gasteiger charge is -2.13. The van der Waals surface area contributed by atoms with Gasteiger partial charge in [0.15, 0.2) is 18.4 Å². The van der Waals surface area contributed by atoms with Crippen molar-refractivity contribution in [1.82, 2.24) is 0 Å². The van der Waals surface area contributed by atoms with Gasteiger partial charge >= 0.3 is 0 Å². The van der Waals surface area contributed by atoms with Crippen molar-refractivity contribution >= 4 is 10.8 Å². The van der Waals surface area contributed by atoms with Gasteiger partial charge in [-0.2, -0.15) is 0 Å². The maximum atomic E-state index is 2.39. The zero-order valence-corrected chi connectivity index (χ0v) is 11.4. The van der Waals surface area contributed by atoms with E-state index < -0.39 is 0 Å². The van der Waals surface area contributed by atoms with Crippen LogP contribution in [0.1, 0.15) is 57.1 Å². The van der Waals surface area contributed by atoms with Crippen LogP contribution in [-0.2, 0) is 0 Å². The zero-order valence-electron chi connectivity index (χ0n) is 11.4. The van der Waals surface area contributed by atoms with E-state index in [2.05, 4.69) is 55.1 Å². The quantitative estimate of drug-likeness (QED) is 0.686. The average molecular weight is 240 g/mol. The number of fused-ring (bicyclic) bond motifs is 1. The summed E-state index contributed by atoms with van der Waals surface area (Å²) < 4.78 is 2.37. The van der Waals surface area contributed by atoms with Gasteiger partial charge in [-0.3, -0.25) is 0 Å². The van der Waals surface area contributed by atoms with Gasteiger partial charge in [0, 0.05) is 10.9 Å². The minimum Gasteiger partial charge on any atom is -0.202 e. The fraction of sp³-hybridized carbons (Fsp3) is 0.471. The summed E-state index contributed by atoms with van der Waals surface area (Å²) in [4.78, 5) is 0. The Morgan fingerprint density at radius 2 is 1.78 bits per heavy atom. The number of hydrogen-bond donors (Lipinski definition) is 0. The molecule has 1 aliphatic rings. The Balaban J connectivity index is 2.19. The zero-order chi connectivity index (χ0) is 12.5. The summed E-state index contributed by atoms with van der Waals surface area (Å²) in [7, 11) is 0. The first-order valence-corrected chi connectivity index (χ1v) is 7.19. The number of rotatable bonds is 2. The fourth-order valence-electron chi connectivity index (χ4n) is 3.16. The van der Waals surface area contributed by atoms with E-state index in [1.165, 1.54) is 36.5 Å². The molecular weight excluding hydrogens is 218 g/mol. The second-order valence-electron chi connectivity index (χ2n) is 5.82. The molecule has 0 bridgehead atoms. The molecule has 1 heteroatoms. The van der Waals surface area contributed by atoms with Gasteiger partial charge in [0.25, 0.3) is 0 Å². The molecule has 1 heterocycles. The van der Waals surface area contributed by atoms with Crippen LogP contribution in [0.25, 0.3) is 10.8 Å². The van der Waals surface area contributed by atoms with Crippen LogP contribution in [0.15, 0.2) is 36.7 Å². The molecule has 1 aliphatic carbocycles. The van der Waals surface area contributed by atoms with Crippen molar-refractivity contribution in [3.05, 3.63) is 42.2 Å². The molecule has 3 rings (SSSR count). The van der Waals surface area contributed by atoms with Crippen LogP contribution in [0.2, 0.25) is 0 Å². The molecule has 0 aliphatic heterocycles. The van der Waals surface area contributed by atoms with Crippen LogP contribution in [0.4, 0.5) is 0 Å². The van der Waals surface area contributed by atoms with Gasteiger partial charge in [-0.05, 0) is 44.1 Å². The second kappa shape index (κ2) is 4.72. The fourth-order valence-corrected chi connectivity index (χ4v) is 3.16. The molecule has 2 aromatic rings. The van der Waals surface area contributed by atoms with Crippen LogP contribution in [0.5, 0.6) is 0 Å². The van der Waals surface area contributed by atoms with E-state index in [4.69, 9.17) is 0 Å². The maximum Gasteiger partial charge on any atom is 0.176 e. The molecule has 1 nitrogen and oxygen atoms in total. The number of pyridine rings is 1. The Hall–Kier alpha value is -1.37. The smallest absolute Gasteiger partial charge is 0.176 e. The van der Waals surface area contributed by atoms with Gasteiger partial charge in [0.05, 0.1) is 0 Å². The molecule has 0 saturated heterocycles. The first kappa shape index (κ1) is 11.7. The molecule has 1 saturated carbocycles. The topological polar surface area (TPSA) is 3.88 Å². The maximum absolute atomic E-state index is 2.39. The lowest BCUT2D eigenvalue weighted by atomic mass is 9.94. The van der Waals surface area contributed by atoms with Crippen molar-refractivity contribution in [2.75, 3.05) is 0 Å². The molecule has 0 spiro atoms. The standard InChI is InChI=1S/C17H22N/c1-13(2)18-11-15-9-5-6-10-16(15)17(12-18)14-7-3-4-8-14/h5-6,9-14H,3-4,7-8H2,1-2H3/q+1. The minimum absolute atomic E-state index is 0.537.